The number of H-pyrrole nitrogens is 1. The predicted octanol–water partition coefficient (Wildman–Crippen LogP) is 2.38. The molecule has 0 saturated heterocycles. The van der Waals surface area contributed by atoms with Gasteiger partial charge in [-0.15, -0.1) is 17.8 Å². The van der Waals surface area contributed by atoms with Crippen molar-refractivity contribution < 1.29 is 4.79 Å². The van der Waals surface area contributed by atoms with E-state index in [0.29, 0.717) is 28.2 Å². The molecule has 0 bridgehead atoms. The summed E-state index contributed by atoms with van der Waals surface area (Å²) in [5.74, 6) is 2.65. The first-order chi connectivity index (χ1) is 10.5. The second-order valence-corrected chi connectivity index (χ2v) is 6.64. The number of terminal acetylenes is 1. The molecule has 22 heavy (non-hydrogen) atoms. The van der Waals surface area contributed by atoms with Gasteiger partial charge in [-0.1, -0.05) is 31.5 Å². The van der Waals surface area contributed by atoms with Gasteiger partial charge < -0.3 is 10.3 Å². The van der Waals surface area contributed by atoms with Crippen LogP contribution in [0.2, 0.25) is 0 Å². The molecule has 0 aliphatic carbocycles. The van der Waals surface area contributed by atoms with Crippen molar-refractivity contribution in [3.63, 3.8) is 0 Å². The second kappa shape index (κ2) is 6.99. The minimum atomic E-state index is -0.601. The van der Waals surface area contributed by atoms with Crippen molar-refractivity contribution in [3.05, 3.63) is 21.8 Å². The van der Waals surface area contributed by atoms with Gasteiger partial charge in [0.15, 0.2) is 5.16 Å². The van der Waals surface area contributed by atoms with Gasteiger partial charge in [-0.25, -0.2) is 4.98 Å². The zero-order valence-corrected chi connectivity index (χ0v) is 14.1. The lowest BCUT2D eigenvalue weighted by atomic mass is 9.94. The third kappa shape index (κ3) is 3.51. The summed E-state index contributed by atoms with van der Waals surface area (Å²) in [7, 11) is 0. The van der Waals surface area contributed by atoms with Gasteiger partial charge in [-0.2, -0.15) is 0 Å². The number of nitrogens with zero attached hydrogens (tertiary/aromatic N) is 1. The van der Waals surface area contributed by atoms with Crippen LogP contribution in [0.4, 0.5) is 0 Å². The summed E-state index contributed by atoms with van der Waals surface area (Å²) in [6.45, 7) is 3.89. The van der Waals surface area contributed by atoms with E-state index in [-0.39, 0.29) is 17.2 Å². The van der Waals surface area contributed by atoms with E-state index in [9.17, 15) is 9.59 Å². The Morgan fingerprint density at radius 3 is 2.91 bits per heavy atom. The summed E-state index contributed by atoms with van der Waals surface area (Å²) in [5.41, 5.74) is -0.787. The van der Waals surface area contributed by atoms with E-state index < -0.39 is 5.54 Å². The molecule has 0 saturated carbocycles. The van der Waals surface area contributed by atoms with Crippen molar-refractivity contribution in [1.29, 1.82) is 0 Å². The molecular formula is C15H17N3O2S2. The quantitative estimate of drug-likeness (QED) is 0.483. The van der Waals surface area contributed by atoms with Crippen LogP contribution in [0.15, 0.2) is 21.4 Å². The third-order valence-electron chi connectivity index (χ3n) is 3.52. The summed E-state index contributed by atoms with van der Waals surface area (Å²) in [6, 6.07) is 1.73. The minimum Gasteiger partial charge on any atom is -0.339 e. The zero-order valence-electron chi connectivity index (χ0n) is 12.4. The van der Waals surface area contributed by atoms with Crippen LogP contribution in [0, 0.1) is 12.3 Å². The Balaban J connectivity index is 2.04. The Morgan fingerprint density at radius 1 is 1.55 bits per heavy atom. The highest BCUT2D eigenvalue weighted by atomic mass is 32.2. The molecule has 0 aromatic carbocycles. The maximum atomic E-state index is 12.1. The van der Waals surface area contributed by atoms with E-state index in [0.717, 1.165) is 0 Å². The van der Waals surface area contributed by atoms with E-state index in [1.54, 1.807) is 6.07 Å². The van der Waals surface area contributed by atoms with Crippen LogP contribution in [-0.2, 0) is 4.79 Å². The van der Waals surface area contributed by atoms with Crippen molar-refractivity contribution in [2.75, 3.05) is 5.75 Å². The molecule has 2 heterocycles. The van der Waals surface area contributed by atoms with Crippen LogP contribution < -0.4 is 10.9 Å². The molecule has 5 nitrogen and oxygen atoms in total. The van der Waals surface area contributed by atoms with E-state index in [1.807, 2.05) is 19.2 Å². The summed E-state index contributed by atoms with van der Waals surface area (Å²) in [5, 5.41) is 5.71. The Labute approximate surface area is 136 Å². The fraction of sp³-hybridized carbons (Fsp3) is 0.400. The van der Waals surface area contributed by atoms with Crippen LogP contribution in [0.1, 0.15) is 26.7 Å². The van der Waals surface area contributed by atoms with E-state index in [1.165, 1.54) is 23.1 Å². The Bertz CT molecular complexity index is 769. The molecule has 116 valence electrons. The lowest BCUT2D eigenvalue weighted by Gasteiger charge is -2.26. The van der Waals surface area contributed by atoms with E-state index in [2.05, 4.69) is 21.2 Å². The first-order valence-electron chi connectivity index (χ1n) is 6.92. The molecule has 0 spiro atoms. The van der Waals surface area contributed by atoms with Crippen molar-refractivity contribution >= 4 is 39.2 Å². The lowest BCUT2D eigenvalue weighted by molar-refractivity contribution is -0.119. The maximum Gasteiger partial charge on any atom is 0.260 e. The van der Waals surface area contributed by atoms with Crippen molar-refractivity contribution in [3.8, 4) is 12.3 Å². The maximum absolute atomic E-state index is 12.1. The number of fused-ring (bicyclic) bond motifs is 1. The van der Waals surface area contributed by atoms with Crippen LogP contribution >= 0.6 is 23.1 Å². The molecule has 2 aromatic rings. The van der Waals surface area contributed by atoms with Crippen LogP contribution in [0.3, 0.4) is 0 Å². The van der Waals surface area contributed by atoms with Gasteiger partial charge in [-0.3, -0.25) is 9.59 Å². The number of aromatic nitrogens is 2. The fourth-order valence-electron chi connectivity index (χ4n) is 2.02. The molecule has 1 amide bonds. The second-order valence-electron chi connectivity index (χ2n) is 4.78. The van der Waals surface area contributed by atoms with Crippen LogP contribution in [0.25, 0.3) is 10.2 Å². The molecule has 0 fully saturated rings. The van der Waals surface area contributed by atoms with Crippen molar-refractivity contribution in [1.82, 2.24) is 15.3 Å². The first kappa shape index (κ1) is 16.6. The molecule has 0 atom stereocenters. The molecule has 0 unspecified atom stereocenters. The van der Waals surface area contributed by atoms with Gasteiger partial charge in [0, 0.05) is 0 Å². The first-order valence-corrected chi connectivity index (χ1v) is 8.79. The summed E-state index contributed by atoms with van der Waals surface area (Å²) < 4.78 is 0. The number of carbonyl (C=O) groups is 1. The van der Waals surface area contributed by atoms with Gasteiger partial charge >= 0.3 is 0 Å². The normalized spacial score (nSPS) is 11.3. The average molecular weight is 335 g/mol. The summed E-state index contributed by atoms with van der Waals surface area (Å²) >= 11 is 2.59. The summed E-state index contributed by atoms with van der Waals surface area (Å²) in [4.78, 5) is 31.6. The molecule has 0 aliphatic rings. The molecule has 7 heteroatoms. The van der Waals surface area contributed by atoms with E-state index >= 15 is 0 Å². The largest absolute Gasteiger partial charge is 0.339 e. The number of carbonyl (C=O) groups excluding carboxylic acids is 1. The highest BCUT2D eigenvalue weighted by molar-refractivity contribution is 7.99. The number of thioether (sulfide) groups is 1. The molecule has 0 aliphatic heterocycles. The number of nitrogens with one attached hydrogen (secondary N) is 2. The monoisotopic (exact) mass is 335 g/mol. The standard InChI is InChI=1S/C15H17N3O2S2/c1-4-15(5-2,6-3)18-11(19)9-22-14-16-12(20)10-7-8-21-13(10)17-14/h1,7-8H,5-6,9H2,2-3H3,(H,18,19)(H,16,17,20). The highest BCUT2D eigenvalue weighted by Gasteiger charge is 2.25. The Kier molecular flexibility index (Phi) is 5.27. The number of hydrogen-bond acceptors (Lipinski definition) is 5. The van der Waals surface area contributed by atoms with Gasteiger partial charge in [0.25, 0.3) is 5.56 Å². The molecular weight excluding hydrogens is 318 g/mol. The average Bonchev–Trinajstić information content (AvgIpc) is 3.00. The van der Waals surface area contributed by atoms with Gasteiger partial charge in [0.2, 0.25) is 5.91 Å². The third-order valence-corrected chi connectivity index (χ3v) is 5.19. The number of amides is 1. The smallest absolute Gasteiger partial charge is 0.260 e. The van der Waals surface area contributed by atoms with Crippen LogP contribution in [-0.4, -0.2) is 27.2 Å². The fourth-order valence-corrected chi connectivity index (χ4v) is 3.50. The number of aromatic amines is 1. The highest BCUT2D eigenvalue weighted by Crippen LogP contribution is 2.19. The minimum absolute atomic E-state index is 0.156. The van der Waals surface area contributed by atoms with Gasteiger partial charge in [0.05, 0.1) is 11.1 Å². The number of rotatable bonds is 6. The van der Waals surface area contributed by atoms with Gasteiger partial charge in [-0.05, 0) is 24.3 Å². The number of hydrogen-bond donors (Lipinski definition) is 2. The molecule has 0 radical (unpaired) electrons. The lowest BCUT2D eigenvalue weighted by Crippen LogP contribution is -2.47. The molecule has 2 N–H and O–H groups in total. The van der Waals surface area contributed by atoms with Crippen molar-refractivity contribution in [2.45, 2.75) is 37.4 Å². The number of thiophene rings is 1. The topological polar surface area (TPSA) is 74.8 Å². The zero-order chi connectivity index (χ0) is 16.2. The predicted molar refractivity (Wildman–Crippen MR) is 91.3 cm³/mol. The molecule has 2 aromatic heterocycles. The van der Waals surface area contributed by atoms with E-state index in [4.69, 9.17) is 6.42 Å². The van der Waals surface area contributed by atoms with Crippen molar-refractivity contribution in [2.24, 2.45) is 0 Å². The summed E-state index contributed by atoms with van der Waals surface area (Å²) in [6.07, 6.45) is 6.87. The van der Waals surface area contributed by atoms with Crippen LogP contribution in [0.5, 0.6) is 0 Å². The Morgan fingerprint density at radius 2 is 2.27 bits per heavy atom. The Hall–Kier alpha value is -1.78. The SMILES string of the molecule is C#CC(CC)(CC)NC(=O)CSc1nc2sccc2c(=O)[nH]1. The molecule has 2 rings (SSSR count). The van der Waals surface area contributed by atoms with Gasteiger partial charge in [0.1, 0.15) is 10.4 Å².